The van der Waals surface area contributed by atoms with Crippen LogP contribution in [0, 0.1) is 0 Å². The van der Waals surface area contributed by atoms with E-state index in [1.165, 1.54) is 0 Å². The van der Waals surface area contributed by atoms with Crippen LogP contribution in [0.4, 0.5) is 0 Å². The largest absolute Gasteiger partial charge is 0.464 e. The van der Waals surface area contributed by atoms with Crippen molar-refractivity contribution < 1.29 is 14.3 Å². The van der Waals surface area contributed by atoms with Gasteiger partial charge >= 0.3 is 5.97 Å². The van der Waals surface area contributed by atoms with Gasteiger partial charge in [0.15, 0.2) is 0 Å². The van der Waals surface area contributed by atoms with Gasteiger partial charge in [0.05, 0.1) is 13.0 Å². The normalized spacial score (nSPS) is 18.5. The molecule has 19 heavy (non-hydrogen) atoms. The van der Waals surface area contributed by atoms with E-state index in [0.717, 1.165) is 16.5 Å². The lowest BCUT2D eigenvalue weighted by Crippen LogP contribution is -2.38. The number of carbonyl (C=O) groups is 2. The Hall–Kier alpha value is -2.30. The van der Waals surface area contributed by atoms with Gasteiger partial charge in [-0.1, -0.05) is 18.2 Å². The maximum atomic E-state index is 11.9. The number of ether oxygens (including phenoxy) is 1. The Bertz CT molecular complexity index is 632. The average Bonchev–Trinajstić information content (AvgIpc) is 2.98. The molecule has 0 spiro atoms. The minimum absolute atomic E-state index is 0.159. The summed E-state index contributed by atoms with van der Waals surface area (Å²) in [5.74, 6) is -0.499. The first-order valence-corrected chi connectivity index (χ1v) is 6.25. The molecule has 3 rings (SSSR count). The lowest BCUT2D eigenvalue weighted by atomic mass is 10.1. The van der Waals surface area contributed by atoms with Gasteiger partial charge in [0.1, 0.15) is 6.04 Å². The molecule has 1 aliphatic rings. The number of cyclic esters (lactones) is 1. The van der Waals surface area contributed by atoms with E-state index < -0.39 is 6.04 Å². The van der Waals surface area contributed by atoms with Crippen molar-refractivity contribution in [3.63, 3.8) is 0 Å². The number of aromatic nitrogens is 1. The van der Waals surface area contributed by atoms with Gasteiger partial charge < -0.3 is 15.0 Å². The van der Waals surface area contributed by atoms with Gasteiger partial charge in [0.25, 0.3) is 0 Å². The smallest absolute Gasteiger partial charge is 0.328 e. The summed E-state index contributed by atoms with van der Waals surface area (Å²) >= 11 is 0. The number of nitrogens with one attached hydrogen (secondary N) is 2. The molecule has 1 aromatic heterocycles. The molecule has 0 radical (unpaired) electrons. The van der Waals surface area contributed by atoms with Crippen molar-refractivity contribution in [3.05, 3.63) is 36.0 Å². The third kappa shape index (κ3) is 2.31. The lowest BCUT2D eigenvalue weighted by molar-refractivity contribution is -0.141. The molecule has 1 aromatic carbocycles. The van der Waals surface area contributed by atoms with Crippen LogP contribution < -0.4 is 5.32 Å². The number of aromatic amines is 1. The highest BCUT2D eigenvalue weighted by molar-refractivity contribution is 5.91. The Balaban J connectivity index is 1.71. The highest BCUT2D eigenvalue weighted by Gasteiger charge is 2.27. The molecular formula is C14H14N2O3. The van der Waals surface area contributed by atoms with Gasteiger partial charge in [-0.2, -0.15) is 0 Å². The number of hydrogen-bond acceptors (Lipinski definition) is 3. The van der Waals surface area contributed by atoms with Crippen molar-refractivity contribution in [3.8, 4) is 0 Å². The van der Waals surface area contributed by atoms with Crippen molar-refractivity contribution in [2.45, 2.75) is 18.9 Å². The molecule has 1 saturated heterocycles. The second-order valence-corrected chi connectivity index (χ2v) is 4.61. The van der Waals surface area contributed by atoms with E-state index >= 15 is 0 Å². The standard InChI is InChI=1S/C14H14N2O3/c17-13(16-12-5-6-19-14(12)18)7-9-8-15-11-4-2-1-3-10(9)11/h1-4,8,12,15H,5-7H2,(H,16,17)/t12-/m0/s1. The summed E-state index contributed by atoms with van der Waals surface area (Å²) in [7, 11) is 0. The van der Waals surface area contributed by atoms with Gasteiger partial charge in [-0.15, -0.1) is 0 Å². The predicted molar refractivity (Wildman–Crippen MR) is 69.5 cm³/mol. The fraction of sp³-hybridized carbons (Fsp3) is 0.286. The summed E-state index contributed by atoms with van der Waals surface area (Å²) in [4.78, 5) is 26.3. The monoisotopic (exact) mass is 258 g/mol. The number of para-hydroxylation sites is 1. The molecule has 2 heterocycles. The maximum Gasteiger partial charge on any atom is 0.328 e. The van der Waals surface area contributed by atoms with Crippen LogP contribution in [-0.2, 0) is 20.7 Å². The zero-order valence-electron chi connectivity index (χ0n) is 10.3. The Kier molecular flexibility index (Phi) is 2.95. The molecule has 5 heteroatoms. The van der Waals surface area contributed by atoms with Crippen LogP contribution in [0.15, 0.2) is 30.5 Å². The maximum absolute atomic E-state index is 11.9. The molecule has 2 aromatic rings. The van der Waals surface area contributed by atoms with Crippen LogP contribution in [0.25, 0.3) is 10.9 Å². The first kappa shape index (κ1) is 11.8. The zero-order chi connectivity index (χ0) is 13.2. The molecule has 0 saturated carbocycles. The van der Waals surface area contributed by atoms with Gasteiger partial charge in [-0.05, 0) is 11.6 Å². The van der Waals surface area contributed by atoms with E-state index in [9.17, 15) is 9.59 Å². The number of esters is 1. The van der Waals surface area contributed by atoms with Gasteiger partial charge in [0.2, 0.25) is 5.91 Å². The predicted octanol–water partition coefficient (Wildman–Crippen LogP) is 1.14. The van der Waals surface area contributed by atoms with Crippen molar-refractivity contribution in [1.82, 2.24) is 10.3 Å². The van der Waals surface area contributed by atoms with E-state index in [-0.39, 0.29) is 18.3 Å². The molecule has 1 atom stereocenters. The number of rotatable bonds is 3. The summed E-state index contributed by atoms with van der Waals surface area (Å²) in [5, 5.41) is 3.74. The number of carbonyl (C=O) groups excluding carboxylic acids is 2. The van der Waals surface area contributed by atoms with E-state index in [2.05, 4.69) is 10.3 Å². The third-order valence-corrected chi connectivity index (χ3v) is 3.30. The Morgan fingerprint density at radius 1 is 1.42 bits per heavy atom. The fourth-order valence-electron chi connectivity index (χ4n) is 2.32. The van der Waals surface area contributed by atoms with Crippen molar-refractivity contribution in [2.75, 3.05) is 6.61 Å². The molecule has 98 valence electrons. The average molecular weight is 258 g/mol. The molecule has 1 aliphatic heterocycles. The fourth-order valence-corrected chi connectivity index (χ4v) is 2.32. The topological polar surface area (TPSA) is 71.2 Å². The number of amides is 1. The molecule has 0 aliphatic carbocycles. The highest BCUT2D eigenvalue weighted by Crippen LogP contribution is 2.18. The third-order valence-electron chi connectivity index (χ3n) is 3.30. The molecule has 0 unspecified atom stereocenters. The van der Waals surface area contributed by atoms with E-state index in [1.807, 2.05) is 30.5 Å². The van der Waals surface area contributed by atoms with Gasteiger partial charge in [0, 0.05) is 23.5 Å². The Morgan fingerprint density at radius 3 is 3.05 bits per heavy atom. The summed E-state index contributed by atoms with van der Waals surface area (Å²) in [5.41, 5.74) is 1.94. The number of fused-ring (bicyclic) bond motifs is 1. The Morgan fingerprint density at radius 2 is 2.26 bits per heavy atom. The lowest BCUT2D eigenvalue weighted by Gasteiger charge is -2.08. The van der Waals surface area contributed by atoms with E-state index in [0.29, 0.717) is 13.0 Å². The van der Waals surface area contributed by atoms with Crippen molar-refractivity contribution in [2.24, 2.45) is 0 Å². The minimum Gasteiger partial charge on any atom is -0.464 e. The first-order chi connectivity index (χ1) is 9.24. The van der Waals surface area contributed by atoms with Crippen LogP contribution in [0.5, 0.6) is 0 Å². The van der Waals surface area contributed by atoms with E-state index in [4.69, 9.17) is 4.74 Å². The van der Waals surface area contributed by atoms with Gasteiger partial charge in [-0.3, -0.25) is 4.79 Å². The molecule has 1 fully saturated rings. The van der Waals surface area contributed by atoms with Crippen LogP contribution >= 0.6 is 0 Å². The van der Waals surface area contributed by atoms with Crippen LogP contribution in [-0.4, -0.2) is 29.5 Å². The van der Waals surface area contributed by atoms with Crippen LogP contribution in [0.1, 0.15) is 12.0 Å². The quantitative estimate of drug-likeness (QED) is 0.811. The number of benzene rings is 1. The zero-order valence-corrected chi connectivity index (χ0v) is 10.3. The summed E-state index contributed by atoms with van der Waals surface area (Å²) < 4.78 is 4.81. The van der Waals surface area contributed by atoms with Crippen molar-refractivity contribution >= 4 is 22.8 Å². The first-order valence-electron chi connectivity index (χ1n) is 6.25. The SMILES string of the molecule is O=C(Cc1c[nH]c2ccccc12)N[C@H]1CCOC1=O. The minimum atomic E-state index is -0.488. The summed E-state index contributed by atoms with van der Waals surface area (Å²) in [6, 6.07) is 7.32. The van der Waals surface area contributed by atoms with Gasteiger partial charge in [-0.25, -0.2) is 4.79 Å². The summed E-state index contributed by atoms with van der Waals surface area (Å²) in [6.45, 7) is 0.386. The highest BCUT2D eigenvalue weighted by atomic mass is 16.5. The second-order valence-electron chi connectivity index (χ2n) is 4.61. The Labute approximate surface area is 109 Å². The molecule has 5 nitrogen and oxygen atoms in total. The van der Waals surface area contributed by atoms with Crippen LogP contribution in [0.2, 0.25) is 0 Å². The van der Waals surface area contributed by atoms with Crippen molar-refractivity contribution in [1.29, 1.82) is 0 Å². The molecule has 0 bridgehead atoms. The molecule has 1 amide bonds. The molecular weight excluding hydrogens is 244 g/mol. The number of H-pyrrole nitrogens is 1. The van der Waals surface area contributed by atoms with E-state index in [1.54, 1.807) is 0 Å². The molecule has 2 N–H and O–H groups in total. The summed E-state index contributed by atoms with van der Waals surface area (Å²) in [6.07, 6.45) is 2.64. The second kappa shape index (κ2) is 4.76. The number of hydrogen-bond donors (Lipinski definition) is 2. The van der Waals surface area contributed by atoms with Crippen LogP contribution in [0.3, 0.4) is 0 Å².